The van der Waals surface area contributed by atoms with Gasteiger partial charge in [-0.15, -0.1) is 11.6 Å². The van der Waals surface area contributed by atoms with Gasteiger partial charge in [0.2, 0.25) is 5.91 Å². The highest BCUT2D eigenvalue weighted by atomic mass is 35.5. The van der Waals surface area contributed by atoms with E-state index in [0.717, 1.165) is 18.5 Å². The van der Waals surface area contributed by atoms with Crippen LogP contribution in [0.25, 0.3) is 0 Å². The molecule has 0 N–H and O–H groups in total. The van der Waals surface area contributed by atoms with Crippen LogP contribution in [0.2, 0.25) is 5.02 Å². The Bertz CT molecular complexity index is 742. The molecule has 1 amide bonds. The zero-order valence-electron chi connectivity index (χ0n) is 13.3. The van der Waals surface area contributed by atoms with Gasteiger partial charge in [0.05, 0.1) is 12.7 Å². The normalized spacial score (nSPS) is 16.8. The zero-order chi connectivity index (χ0) is 17.3. The predicted octanol–water partition coefficient (Wildman–Crippen LogP) is 3.34. The topological polar surface area (TPSA) is 38.1 Å². The van der Waals surface area contributed by atoms with E-state index in [1.807, 2.05) is 17.9 Å². The van der Waals surface area contributed by atoms with E-state index in [-0.39, 0.29) is 24.4 Å². The SMILES string of the molecule is Cn1ncc2c1CC(N(Cc1c(F)cccc1Cl)C(=O)CCl)CC2. The Kier molecular flexibility index (Phi) is 5.11. The highest BCUT2D eigenvalue weighted by Gasteiger charge is 2.30. The van der Waals surface area contributed by atoms with Crippen LogP contribution in [-0.4, -0.2) is 32.5 Å². The first-order valence-corrected chi connectivity index (χ1v) is 8.70. The van der Waals surface area contributed by atoms with E-state index in [4.69, 9.17) is 23.2 Å². The molecule has 1 aliphatic rings. The number of carbonyl (C=O) groups excluding carboxylic acids is 1. The highest BCUT2D eigenvalue weighted by molar-refractivity contribution is 6.31. The van der Waals surface area contributed by atoms with Crippen LogP contribution < -0.4 is 0 Å². The molecule has 2 aromatic rings. The molecule has 1 aliphatic carbocycles. The molecule has 0 radical (unpaired) electrons. The average Bonchev–Trinajstić information content (AvgIpc) is 2.95. The van der Waals surface area contributed by atoms with Crippen molar-refractivity contribution in [1.82, 2.24) is 14.7 Å². The number of hydrogen-bond donors (Lipinski definition) is 0. The van der Waals surface area contributed by atoms with Crippen molar-refractivity contribution in [2.75, 3.05) is 5.88 Å². The second-order valence-corrected chi connectivity index (χ2v) is 6.67. The minimum atomic E-state index is -0.410. The van der Waals surface area contributed by atoms with Crippen molar-refractivity contribution < 1.29 is 9.18 Å². The van der Waals surface area contributed by atoms with Crippen LogP contribution >= 0.6 is 23.2 Å². The van der Waals surface area contributed by atoms with Gasteiger partial charge >= 0.3 is 0 Å². The summed E-state index contributed by atoms with van der Waals surface area (Å²) in [6, 6.07) is 4.49. The Morgan fingerprint density at radius 1 is 1.50 bits per heavy atom. The van der Waals surface area contributed by atoms with Crippen molar-refractivity contribution in [3.05, 3.63) is 52.1 Å². The maximum Gasteiger partial charge on any atom is 0.238 e. The molecule has 0 fully saturated rings. The first kappa shape index (κ1) is 17.2. The number of benzene rings is 1. The quantitative estimate of drug-likeness (QED) is 0.775. The molecular weight excluding hydrogens is 352 g/mol. The molecule has 0 saturated heterocycles. The van der Waals surface area contributed by atoms with Gasteiger partial charge in [-0.05, 0) is 30.5 Å². The van der Waals surface area contributed by atoms with Crippen LogP contribution in [0.4, 0.5) is 4.39 Å². The van der Waals surface area contributed by atoms with E-state index in [1.165, 1.54) is 11.6 Å². The number of rotatable bonds is 4. The van der Waals surface area contributed by atoms with E-state index >= 15 is 0 Å². The van der Waals surface area contributed by atoms with E-state index in [9.17, 15) is 9.18 Å². The summed E-state index contributed by atoms with van der Waals surface area (Å²) in [5, 5.41) is 4.59. The molecule has 0 saturated carbocycles. The average molecular weight is 370 g/mol. The van der Waals surface area contributed by atoms with Gasteiger partial charge in [0.25, 0.3) is 0 Å². The summed E-state index contributed by atoms with van der Waals surface area (Å²) >= 11 is 11.9. The maximum atomic E-state index is 14.1. The summed E-state index contributed by atoms with van der Waals surface area (Å²) < 4.78 is 16.0. The molecule has 4 nitrogen and oxygen atoms in total. The van der Waals surface area contributed by atoms with Crippen molar-refractivity contribution >= 4 is 29.1 Å². The van der Waals surface area contributed by atoms with Crippen molar-refractivity contribution in [1.29, 1.82) is 0 Å². The standard InChI is InChI=1S/C17H18Cl2FN3O/c1-22-16-7-12(6-5-11(16)9-21-22)23(17(24)8-18)10-13-14(19)3-2-4-15(13)20/h2-4,9,12H,5-8,10H2,1H3. The second-order valence-electron chi connectivity index (χ2n) is 5.99. The fourth-order valence-corrected chi connectivity index (χ4v) is 3.62. The van der Waals surface area contributed by atoms with Gasteiger partial charge in [-0.25, -0.2) is 4.39 Å². The molecule has 1 aromatic heterocycles. The molecule has 1 atom stereocenters. The van der Waals surface area contributed by atoms with Gasteiger partial charge < -0.3 is 4.90 Å². The number of aryl methyl sites for hydroxylation is 2. The fourth-order valence-electron chi connectivity index (χ4n) is 3.25. The minimum absolute atomic E-state index is 0.0465. The van der Waals surface area contributed by atoms with Gasteiger partial charge in [0, 0.05) is 35.8 Å². The zero-order valence-corrected chi connectivity index (χ0v) is 14.8. The van der Waals surface area contributed by atoms with Gasteiger partial charge in [0.15, 0.2) is 0 Å². The molecule has 0 aliphatic heterocycles. The maximum absolute atomic E-state index is 14.1. The van der Waals surface area contributed by atoms with E-state index in [0.29, 0.717) is 17.0 Å². The molecule has 1 unspecified atom stereocenters. The van der Waals surface area contributed by atoms with Crippen LogP contribution in [0.15, 0.2) is 24.4 Å². The number of aromatic nitrogens is 2. The third-order valence-corrected chi connectivity index (χ3v) is 5.17. The second kappa shape index (κ2) is 7.11. The van der Waals surface area contributed by atoms with Crippen molar-refractivity contribution in [2.45, 2.75) is 31.8 Å². The molecule has 1 heterocycles. The molecule has 24 heavy (non-hydrogen) atoms. The number of hydrogen-bond acceptors (Lipinski definition) is 2. The van der Waals surface area contributed by atoms with Crippen LogP contribution in [0.3, 0.4) is 0 Å². The minimum Gasteiger partial charge on any atom is -0.334 e. The van der Waals surface area contributed by atoms with Crippen LogP contribution in [0, 0.1) is 5.82 Å². The third kappa shape index (κ3) is 3.28. The molecular formula is C17H18Cl2FN3O. The summed E-state index contributed by atoms with van der Waals surface area (Å²) in [5.41, 5.74) is 2.64. The lowest BCUT2D eigenvalue weighted by Crippen LogP contribution is -2.44. The predicted molar refractivity (Wildman–Crippen MR) is 91.7 cm³/mol. The Morgan fingerprint density at radius 3 is 3.00 bits per heavy atom. The molecule has 3 rings (SSSR count). The van der Waals surface area contributed by atoms with E-state index in [2.05, 4.69) is 5.10 Å². The summed E-state index contributed by atoms with van der Waals surface area (Å²) in [7, 11) is 1.89. The Balaban J connectivity index is 1.88. The third-order valence-electron chi connectivity index (χ3n) is 4.59. The Morgan fingerprint density at radius 2 is 2.29 bits per heavy atom. The van der Waals surface area contributed by atoms with Crippen LogP contribution in [0.1, 0.15) is 23.2 Å². The Hall–Kier alpha value is -1.59. The summed E-state index contributed by atoms with van der Waals surface area (Å²) in [4.78, 5) is 14.0. The summed E-state index contributed by atoms with van der Waals surface area (Å²) in [5.74, 6) is -0.764. The first-order valence-electron chi connectivity index (χ1n) is 7.79. The van der Waals surface area contributed by atoms with Gasteiger partial charge in [-0.1, -0.05) is 17.7 Å². The number of fused-ring (bicyclic) bond motifs is 1. The smallest absolute Gasteiger partial charge is 0.238 e. The van der Waals surface area contributed by atoms with E-state index in [1.54, 1.807) is 17.0 Å². The molecule has 0 bridgehead atoms. The van der Waals surface area contributed by atoms with Crippen molar-refractivity contribution in [2.24, 2.45) is 7.05 Å². The molecule has 1 aromatic carbocycles. The Labute approximate surface area is 150 Å². The number of nitrogens with zero attached hydrogens (tertiary/aromatic N) is 3. The fraction of sp³-hybridized carbons (Fsp3) is 0.412. The molecule has 0 spiro atoms. The van der Waals surface area contributed by atoms with Gasteiger partial charge in [-0.3, -0.25) is 9.48 Å². The van der Waals surface area contributed by atoms with Crippen LogP contribution in [-0.2, 0) is 31.2 Å². The lowest BCUT2D eigenvalue weighted by molar-refractivity contribution is -0.131. The van der Waals surface area contributed by atoms with Crippen molar-refractivity contribution in [3.63, 3.8) is 0 Å². The number of halogens is 3. The number of alkyl halides is 1. The summed E-state index contributed by atoms with van der Waals surface area (Å²) in [6.07, 6.45) is 4.19. The monoisotopic (exact) mass is 369 g/mol. The number of amides is 1. The highest BCUT2D eigenvalue weighted by Crippen LogP contribution is 2.28. The van der Waals surface area contributed by atoms with Crippen molar-refractivity contribution in [3.8, 4) is 0 Å². The van der Waals surface area contributed by atoms with Gasteiger partial charge in [0.1, 0.15) is 11.7 Å². The lowest BCUT2D eigenvalue weighted by atomic mass is 9.92. The van der Waals surface area contributed by atoms with E-state index < -0.39 is 5.82 Å². The number of carbonyl (C=O) groups is 1. The largest absolute Gasteiger partial charge is 0.334 e. The molecule has 128 valence electrons. The van der Waals surface area contributed by atoms with Crippen LogP contribution in [0.5, 0.6) is 0 Å². The summed E-state index contributed by atoms with van der Waals surface area (Å²) in [6.45, 7) is 0.120. The molecule has 7 heteroatoms. The first-order chi connectivity index (χ1) is 11.5. The lowest BCUT2D eigenvalue weighted by Gasteiger charge is -2.34. The van der Waals surface area contributed by atoms with Gasteiger partial charge in [-0.2, -0.15) is 5.10 Å².